The minimum absolute atomic E-state index is 0.519. The van der Waals surface area contributed by atoms with E-state index in [4.69, 9.17) is 6.57 Å². The number of hydrogen-bond acceptors (Lipinski definition) is 2. The molecule has 0 aliphatic rings. The van der Waals surface area contributed by atoms with Crippen LogP contribution >= 0.6 is 0 Å². The second kappa shape index (κ2) is 11.4. The molecule has 0 saturated heterocycles. The molecule has 0 aliphatic carbocycles. The maximum atomic E-state index is 9.91. The highest BCUT2D eigenvalue weighted by Crippen LogP contribution is 2.41. The van der Waals surface area contributed by atoms with Gasteiger partial charge in [-0.25, -0.2) is 4.85 Å². The van der Waals surface area contributed by atoms with E-state index in [0.717, 1.165) is 55.4 Å². The van der Waals surface area contributed by atoms with Crippen molar-refractivity contribution >= 4 is 49.3 Å². The Morgan fingerprint density at radius 1 is 0.480 bits per heavy atom. The Bertz CT molecular complexity index is 2900. The van der Waals surface area contributed by atoms with Crippen LogP contribution in [0.2, 0.25) is 0 Å². The van der Waals surface area contributed by atoms with Crippen molar-refractivity contribution in [2.75, 3.05) is 0 Å². The maximum Gasteiger partial charge on any atom is 0.211 e. The van der Waals surface area contributed by atoms with Crippen LogP contribution in [-0.2, 0) is 0 Å². The van der Waals surface area contributed by atoms with Crippen LogP contribution in [0.1, 0.15) is 11.1 Å². The van der Waals surface area contributed by atoms with Gasteiger partial charge >= 0.3 is 0 Å². The van der Waals surface area contributed by atoms with Crippen molar-refractivity contribution in [3.63, 3.8) is 0 Å². The van der Waals surface area contributed by atoms with Crippen molar-refractivity contribution in [3.8, 4) is 45.8 Å². The molecule has 0 bridgehead atoms. The minimum atomic E-state index is 0.519. The van der Waals surface area contributed by atoms with Crippen LogP contribution in [0.4, 0.5) is 5.69 Å². The second-order valence-corrected chi connectivity index (χ2v) is 12.3. The first-order valence-corrected chi connectivity index (χ1v) is 16.3. The van der Waals surface area contributed by atoms with Crippen molar-refractivity contribution in [3.05, 3.63) is 174 Å². The fourth-order valence-electron chi connectivity index (χ4n) is 7.36. The van der Waals surface area contributed by atoms with Gasteiger partial charge in [-0.3, -0.25) is 0 Å². The van der Waals surface area contributed by atoms with Gasteiger partial charge in [0.25, 0.3) is 0 Å². The minimum Gasteiger partial charge on any atom is -0.318 e. The van der Waals surface area contributed by atoms with Gasteiger partial charge in [0.05, 0.1) is 57.6 Å². The molecule has 2 heterocycles. The Labute approximate surface area is 288 Å². The number of benzene rings is 7. The molecule has 0 saturated carbocycles. The SMILES string of the molecule is [C-]#[N+]c1cccc2c3cc(C#N)ccc3n(-c3ccc(C#N)cc3-c3ccc(-c4cccc(-n5c6ccccc6c6ccccc65)c4)cc3)c12. The number of fused-ring (bicyclic) bond motifs is 6. The van der Waals surface area contributed by atoms with Gasteiger partial charge < -0.3 is 9.13 Å². The predicted octanol–water partition coefficient (Wildman–Crippen LogP) is 11.5. The molecule has 0 atom stereocenters. The zero-order valence-corrected chi connectivity index (χ0v) is 26.7. The molecule has 5 heteroatoms. The lowest BCUT2D eigenvalue weighted by molar-refractivity contribution is 1.18. The van der Waals surface area contributed by atoms with Crippen molar-refractivity contribution < 1.29 is 0 Å². The summed E-state index contributed by atoms with van der Waals surface area (Å²) in [5.41, 5.74) is 11.6. The number of nitrogens with zero attached hydrogens (tertiary/aromatic N) is 5. The van der Waals surface area contributed by atoms with Gasteiger partial charge in [-0.15, -0.1) is 0 Å². The van der Waals surface area contributed by atoms with Gasteiger partial charge in [0.15, 0.2) is 0 Å². The lowest BCUT2D eigenvalue weighted by Gasteiger charge is -2.16. The van der Waals surface area contributed by atoms with Crippen molar-refractivity contribution in [1.29, 1.82) is 10.5 Å². The third kappa shape index (κ3) is 4.38. The molecule has 0 aliphatic heterocycles. The smallest absolute Gasteiger partial charge is 0.211 e. The predicted molar refractivity (Wildman–Crippen MR) is 202 cm³/mol. The highest BCUT2D eigenvalue weighted by molar-refractivity contribution is 6.14. The van der Waals surface area contributed by atoms with Crippen molar-refractivity contribution in [2.24, 2.45) is 0 Å². The van der Waals surface area contributed by atoms with Crippen LogP contribution in [0.15, 0.2) is 152 Å². The van der Waals surface area contributed by atoms with Crippen LogP contribution < -0.4 is 0 Å². The van der Waals surface area contributed by atoms with Gasteiger partial charge in [-0.2, -0.15) is 10.5 Å². The monoisotopic (exact) mass is 635 g/mol. The molecule has 7 aromatic carbocycles. The maximum absolute atomic E-state index is 9.91. The fraction of sp³-hybridized carbons (Fsp3) is 0. The lowest BCUT2D eigenvalue weighted by atomic mass is 9.97. The van der Waals surface area contributed by atoms with E-state index in [1.165, 1.54) is 21.8 Å². The standard InChI is InChI=1S/C45H25N5/c1-48-40-13-7-12-37-39-25-30(28-47)17-23-44(39)50(45(37)40)43-22-16-29(27-46)24-38(43)32-20-18-31(19-21-32)33-8-6-9-34(26-33)49-41-14-4-2-10-35(41)36-11-3-5-15-42(36)49/h2-26H. The molecule has 50 heavy (non-hydrogen) atoms. The van der Waals surface area contributed by atoms with E-state index in [2.05, 4.69) is 123 Å². The second-order valence-electron chi connectivity index (χ2n) is 12.3. The summed E-state index contributed by atoms with van der Waals surface area (Å²) in [5.74, 6) is 0. The molecule has 0 radical (unpaired) electrons. The van der Waals surface area contributed by atoms with Crippen molar-refractivity contribution in [2.45, 2.75) is 0 Å². The van der Waals surface area contributed by atoms with Gasteiger partial charge in [0.2, 0.25) is 5.69 Å². The van der Waals surface area contributed by atoms with Crippen LogP contribution in [-0.4, -0.2) is 9.13 Å². The van der Waals surface area contributed by atoms with Crippen LogP contribution in [0.25, 0.3) is 82.1 Å². The molecule has 0 amide bonds. The van der Waals surface area contributed by atoms with E-state index < -0.39 is 0 Å². The zero-order valence-electron chi connectivity index (χ0n) is 26.7. The first kappa shape index (κ1) is 28.8. The Kier molecular flexibility index (Phi) is 6.56. The molecule has 0 unspecified atom stereocenters. The van der Waals surface area contributed by atoms with E-state index in [-0.39, 0.29) is 0 Å². The fourth-order valence-corrected chi connectivity index (χ4v) is 7.36. The summed E-state index contributed by atoms with van der Waals surface area (Å²) in [5, 5.41) is 23.8. The van der Waals surface area contributed by atoms with Gasteiger partial charge in [0.1, 0.15) is 0 Å². The average molecular weight is 636 g/mol. The average Bonchev–Trinajstić information content (AvgIpc) is 3.70. The third-order valence-electron chi connectivity index (χ3n) is 9.60. The topological polar surface area (TPSA) is 61.8 Å². The first-order valence-electron chi connectivity index (χ1n) is 16.3. The Balaban J connectivity index is 1.19. The summed E-state index contributed by atoms with van der Waals surface area (Å²) in [7, 11) is 0. The normalized spacial score (nSPS) is 11.1. The van der Waals surface area contributed by atoms with Crippen molar-refractivity contribution in [1.82, 2.24) is 9.13 Å². The summed E-state index contributed by atoms with van der Waals surface area (Å²) in [6.07, 6.45) is 0. The van der Waals surface area contributed by atoms with Gasteiger partial charge in [0, 0.05) is 27.4 Å². The number of rotatable bonds is 4. The van der Waals surface area contributed by atoms with E-state index in [9.17, 15) is 10.5 Å². The Morgan fingerprint density at radius 3 is 1.82 bits per heavy atom. The highest BCUT2D eigenvalue weighted by Gasteiger charge is 2.19. The molecule has 5 nitrogen and oxygen atoms in total. The molecule has 2 aromatic heterocycles. The quantitative estimate of drug-likeness (QED) is 0.181. The summed E-state index contributed by atoms with van der Waals surface area (Å²) in [6.45, 7) is 7.98. The number of hydrogen-bond donors (Lipinski definition) is 0. The molecular weight excluding hydrogens is 611 g/mol. The van der Waals surface area contributed by atoms with Crippen LogP contribution in [0.3, 0.4) is 0 Å². The molecule has 9 aromatic rings. The van der Waals surface area contributed by atoms with Crippen LogP contribution in [0.5, 0.6) is 0 Å². The number of para-hydroxylation sites is 3. The molecular formula is C45H25N5. The number of nitriles is 2. The Hall–Kier alpha value is -7.39. The summed E-state index contributed by atoms with van der Waals surface area (Å²) in [6, 6.07) is 55.7. The molecule has 0 N–H and O–H groups in total. The zero-order chi connectivity index (χ0) is 33.8. The molecule has 9 rings (SSSR count). The van der Waals surface area contributed by atoms with E-state index in [0.29, 0.717) is 16.8 Å². The Morgan fingerprint density at radius 2 is 1.10 bits per heavy atom. The van der Waals surface area contributed by atoms with E-state index in [1.807, 2.05) is 48.5 Å². The highest BCUT2D eigenvalue weighted by atomic mass is 15.0. The van der Waals surface area contributed by atoms with E-state index >= 15 is 0 Å². The van der Waals surface area contributed by atoms with E-state index in [1.54, 1.807) is 6.07 Å². The molecule has 0 fully saturated rings. The van der Waals surface area contributed by atoms with Gasteiger partial charge in [-0.05, 0) is 82.7 Å². The molecule has 0 spiro atoms. The molecule has 230 valence electrons. The number of aromatic nitrogens is 2. The third-order valence-corrected chi connectivity index (χ3v) is 9.60. The lowest BCUT2D eigenvalue weighted by Crippen LogP contribution is -1.98. The van der Waals surface area contributed by atoms with Gasteiger partial charge in [-0.1, -0.05) is 91.0 Å². The summed E-state index contributed by atoms with van der Waals surface area (Å²) in [4.78, 5) is 3.87. The summed E-state index contributed by atoms with van der Waals surface area (Å²) < 4.78 is 4.42. The van der Waals surface area contributed by atoms with Crippen LogP contribution in [0, 0.1) is 29.2 Å². The largest absolute Gasteiger partial charge is 0.318 e. The first-order chi connectivity index (χ1) is 24.7. The summed E-state index contributed by atoms with van der Waals surface area (Å²) >= 11 is 0.